The molecule has 1 unspecified atom stereocenters. The quantitative estimate of drug-likeness (QED) is 0.910. The van der Waals surface area contributed by atoms with Gasteiger partial charge in [-0.3, -0.25) is 4.79 Å². The molecule has 0 radical (unpaired) electrons. The highest BCUT2D eigenvalue weighted by atomic mass is 32.2. The number of thioether (sulfide) groups is 1. The van der Waals surface area contributed by atoms with Gasteiger partial charge in [0, 0.05) is 12.2 Å². The zero-order chi connectivity index (χ0) is 14.3. The number of nitrogens with zero attached hydrogens (tertiary/aromatic N) is 1. The largest absolute Gasteiger partial charge is 0.478 e. The Morgan fingerprint density at radius 1 is 1.40 bits per heavy atom. The van der Waals surface area contributed by atoms with Gasteiger partial charge in [-0.2, -0.15) is 0 Å². The maximum absolute atomic E-state index is 12.8. The van der Waals surface area contributed by atoms with Gasteiger partial charge in [0.2, 0.25) is 5.91 Å². The van der Waals surface area contributed by atoms with Gasteiger partial charge >= 0.3 is 5.97 Å². The number of hydrogen-bond donors (Lipinski definition) is 1. The van der Waals surface area contributed by atoms with Crippen molar-refractivity contribution in [3.63, 3.8) is 0 Å². The molecule has 106 valence electrons. The van der Waals surface area contributed by atoms with Crippen molar-refractivity contribution in [2.45, 2.75) is 30.9 Å². The third kappa shape index (κ3) is 2.10. The summed E-state index contributed by atoms with van der Waals surface area (Å²) >= 11 is 1.72. The summed E-state index contributed by atoms with van der Waals surface area (Å²) in [5, 5.41) is 9.10. The molecule has 3 rings (SSSR count). The van der Waals surface area contributed by atoms with Crippen molar-refractivity contribution in [3.05, 3.63) is 29.3 Å². The Labute approximate surface area is 122 Å². The first kappa shape index (κ1) is 13.5. The number of carbonyl (C=O) groups excluding carboxylic acids is 1. The zero-order valence-electron chi connectivity index (χ0n) is 11.4. The van der Waals surface area contributed by atoms with E-state index in [4.69, 9.17) is 5.11 Å². The molecular formula is C15H17NO3S. The van der Waals surface area contributed by atoms with Gasteiger partial charge in [-0.15, -0.1) is 11.8 Å². The molecular weight excluding hydrogens is 274 g/mol. The van der Waals surface area contributed by atoms with Crippen LogP contribution in [0.1, 0.15) is 35.7 Å². The number of carbonyl (C=O) groups is 2. The fourth-order valence-corrected chi connectivity index (χ4v) is 4.22. The van der Waals surface area contributed by atoms with Gasteiger partial charge in [0.15, 0.2) is 0 Å². The molecule has 2 heterocycles. The van der Waals surface area contributed by atoms with Crippen LogP contribution in [0.5, 0.6) is 0 Å². The smallest absolute Gasteiger partial charge is 0.335 e. The van der Waals surface area contributed by atoms with E-state index < -0.39 is 5.97 Å². The summed E-state index contributed by atoms with van der Waals surface area (Å²) in [6.45, 7) is 2.67. The fraction of sp³-hybridized carbons (Fsp3) is 0.467. The van der Waals surface area contributed by atoms with Crippen LogP contribution in [-0.2, 0) is 11.2 Å². The number of fused-ring (bicyclic) bond motifs is 1. The predicted molar refractivity (Wildman–Crippen MR) is 79.6 cm³/mol. The van der Waals surface area contributed by atoms with Crippen LogP contribution in [-0.4, -0.2) is 34.0 Å². The van der Waals surface area contributed by atoms with Gasteiger partial charge in [-0.25, -0.2) is 4.79 Å². The zero-order valence-corrected chi connectivity index (χ0v) is 12.2. The van der Waals surface area contributed by atoms with E-state index >= 15 is 0 Å². The van der Waals surface area contributed by atoms with Crippen molar-refractivity contribution in [2.75, 3.05) is 17.2 Å². The molecule has 0 aliphatic carbocycles. The number of carboxylic acids is 1. The minimum Gasteiger partial charge on any atom is -0.478 e. The average Bonchev–Trinajstić information content (AvgIpc) is 3.04. The average molecular weight is 291 g/mol. The molecule has 1 atom stereocenters. The first-order chi connectivity index (χ1) is 9.51. The Kier molecular flexibility index (Phi) is 3.24. The number of amides is 1. The number of aromatic carboxylic acids is 1. The molecule has 1 fully saturated rings. The van der Waals surface area contributed by atoms with Gasteiger partial charge < -0.3 is 10.0 Å². The van der Waals surface area contributed by atoms with E-state index in [1.54, 1.807) is 28.8 Å². The lowest BCUT2D eigenvalue weighted by atomic mass is 10.0. The number of anilines is 1. The highest BCUT2D eigenvalue weighted by Crippen LogP contribution is 2.41. The highest BCUT2D eigenvalue weighted by molar-refractivity contribution is 8.01. The normalized spacial score (nSPS) is 24.8. The summed E-state index contributed by atoms with van der Waals surface area (Å²) in [7, 11) is 0. The molecule has 20 heavy (non-hydrogen) atoms. The summed E-state index contributed by atoms with van der Waals surface area (Å²) in [6.07, 6.45) is 2.78. The molecule has 1 amide bonds. The van der Waals surface area contributed by atoms with Crippen LogP contribution < -0.4 is 4.90 Å². The Hall–Kier alpha value is -1.49. The monoisotopic (exact) mass is 291 g/mol. The van der Waals surface area contributed by atoms with Gasteiger partial charge in [0.05, 0.1) is 10.3 Å². The predicted octanol–water partition coefficient (Wildman–Crippen LogP) is 2.56. The second kappa shape index (κ2) is 4.81. The number of benzene rings is 1. The molecule has 1 saturated heterocycles. The standard InChI is InChI=1S/C15H17NO3S/c1-15(6-2-8-20-15)14(19)16-7-5-10-3-4-11(13(17)18)9-12(10)16/h3-4,9H,2,5-8H2,1H3,(H,17,18). The van der Waals surface area contributed by atoms with Gasteiger partial charge in [-0.1, -0.05) is 6.07 Å². The first-order valence-corrected chi connectivity index (χ1v) is 7.82. The molecule has 1 aromatic carbocycles. The molecule has 0 saturated carbocycles. The van der Waals surface area contributed by atoms with Gasteiger partial charge in [0.1, 0.15) is 0 Å². The molecule has 2 aliphatic rings. The summed E-state index contributed by atoms with van der Waals surface area (Å²) < 4.78 is -0.346. The number of rotatable bonds is 2. The van der Waals surface area contributed by atoms with Crippen molar-refractivity contribution in [2.24, 2.45) is 0 Å². The lowest BCUT2D eigenvalue weighted by molar-refractivity contribution is -0.120. The molecule has 1 aromatic rings. The van der Waals surface area contributed by atoms with Crippen LogP contribution >= 0.6 is 11.8 Å². The summed E-state index contributed by atoms with van der Waals surface area (Å²) in [5.74, 6) is 0.202. The topological polar surface area (TPSA) is 57.6 Å². The highest BCUT2D eigenvalue weighted by Gasteiger charge is 2.42. The number of hydrogen-bond acceptors (Lipinski definition) is 3. The van der Waals surface area contributed by atoms with Crippen molar-refractivity contribution in [1.29, 1.82) is 0 Å². The van der Waals surface area contributed by atoms with Crippen LogP contribution in [0.2, 0.25) is 0 Å². The SMILES string of the molecule is CC1(C(=O)N2CCc3ccc(C(=O)O)cc32)CCCS1. The van der Waals surface area contributed by atoms with Crippen molar-refractivity contribution in [1.82, 2.24) is 0 Å². The van der Waals surface area contributed by atoms with Crippen LogP contribution in [0.3, 0.4) is 0 Å². The van der Waals surface area contributed by atoms with Crippen molar-refractivity contribution < 1.29 is 14.7 Å². The molecule has 2 aliphatic heterocycles. The fourth-order valence-electron chi connectivity index (χ4n) is 2.96. The van der Waals surface area contributed by atoms with E-state index in [1.807, 2.05) is 13.0 Å². The minimum atomic E-state index is -0.950. The van der Waals surface area contributed by atoms with E-state index in [0.29, 0.717) is 6.54 Å². The third-order valence-corrected chi connectivity index (χ3v) is 5.65. The van der Waals surface area contributed by atoms with Crippen LogP contribution in [0, 0.1) is 0 Å². The maximum Gasteiger partial charge on any atom is 0.335 e. The first-order valence-electron chi connectivity index (χ1n) is 6.83. The molecule has 4 nitrogen and oxygen atoms in total. The molecule has 0 spiro atoms. The van der Waals surface area contributed by atoms with Crippen molar-refractivity contribution >= 4 is 29.3 Å². The van der Waals surface area contributed by atoms with Crippen LogP contribution in [0.15, 0.2) is 18.2 Å². The Morgan fingerprint density at radius 3 is 2.85 bits per heavy atom. The van der Waals surface area contributed by atoms with Crippen LogP contribution in [0.4, 0.5) is 5.69 Å². The molecule has 5 heteroatoms. The molecule has 0 bridgehead atoms. The lowest BCUT2D eigenvalue weighted by Crippen LogP contribution is -2.43. The number of carboxylic acid groups (broad SMARTS) is 1. The Morgan fingerprint density at radius 2 is 2.20 bits per heavy atom. The van der Waals surface area contributed by atoms with E-state index in [-0.39, 0.29) is 16.2 Å². The molecule has 1 N–H and O–H groups in total. The van der Waals surface area contributed by atoms with Crippen molar-refractivity contribution in [3.8, 4) is 0 Å². The minimum absolute atomic E-state index is 0.126. The Balaban J connectivity index is 1.94. The van der Waals surface area contributed by atoms with Gasteiger partial charge in [0.25, 0.3) is 0 Å². The van der Waals surface area contributed by atoms with E-state index in [0.717, 1.165) is 36.3 Å². The molecule has 0 aromatic heterocycles. The summed E-state index contributed by atoms with van der Waals surface area (Å²) in [5.41, 5.74) is 2.09. The Bertz CT molecular complexity index is 578. The van der Waals surface area contributed by atoms with E-state index in [2.05, 4.69) is 0 Å². The third-order valence-electron chi connectivity index (χ3n) is 4.14. The summed E-state index contributed by atoms with van der Waals surface area (Å²) in [6, 6.07) is 5.07. The maximum atomic E-state index is 12.8. The van der Waals surface area contributed by atoms with Gasteiger partial charge in [-0.05, 0) is 49.6 Å². The summed E-state index contributed by atoms with van der Waals surface area (Å²) in [4.78, 5) is 25.6. The second-order valence-corrected chi connectivity index (χ2v) is 7.14. The van der Waals surface area contributed by atoms with E-state index in [1.165, 1.54) is 0 Å². The van der Waals surface area contributed by atoms with E-state index in [9.17, 15) is 9.59 Å². The van der Waals surface area contributed by atoms with Crippen LogP contribution in [0.25, 0.3) is 0 Å². The lowest BCUT2D eigenvalue weighted by Gasteiger charge is -2.28. The second-order valence-electron chi connectivity index (χ2n) is 5.54.